The number of piperazine rings is 1. The standard InChI is InChI=1S/C26H32N4O6/c1-5-36-25(32)22-23(20-11-10-19(34-3)16-21(20)35-4)27-26(28-24(22)31)30-14-12-29(13-15-30)17-6-8-18(33-2)9-7-17/h6-11,16,22-23H,5,12-15H2,1-4H3,(H,27,28,31)/t22-,23-/m1/s1. The van der Waals surface area contributed by atoms with E-state index in [9.17, 15) is 9.59 Å². The number of rotatable bonds is 7. The summed E-state index contributed by atoms with van der Waals surface area (Å²) >= 11 is 0. The Kier molecular flexibility index (Phi) is 7.82. The first kappa shape index (κ1) is 25.2. The van der Waals surface area contributed by atoms with E-state index in [1.807, 2.05) is 29.2 Å². The lowest BCUT2D eigenvalue weighted by molar-refractivity contribution is -0.153. The Labute approximate surface area is 210 Å². The van der Waals surface area contributed by atoms with Crippen molar-refractivity contribution in [2.75, 3.05) is 59.0 Å². The molecule has 4 rings (SSSR count). The minimum atomic E-state index is -1.13. The second-order valence-electron chi connectivity index (χ2n) is 8.40. The van der Waals surface area contributed by atoms with Crippen LogP contribution in [0, 0.1) is 5.92 Å². The number of hydrogen-bond donors (Lipinski definition) is 1. The molecule has 10 heteroatoms. The van der Waals surface area contributed by atoms with E-state index in [1.165, 1.54) is 7.11 Å². The van der Waals surface area contributed by atoms with Gasteiger partial charge in [0.1, 0.15) is 23.3 Å². The topological polar surface area (TPSA) is 102 Å². The lowest BCUT2D eigenvalue weighted by Gasteiger charge is -2.39. The van der Waals surface area contributed by atoms with Crippen molar-refractivity contribution in [3.8, 4) is 17.2 Å². The number of benzene rings is 2. The fourth-order valence-corrected chi connectivity index (χ4v) is 4.48. The molecule has 0 aromatic heterocycles. The van der Waals surface area contributed by atoms with Gasteiger partial charge < -0.3 is 28.7 Å². The van der Waals surface area contributed by atoms with Crippen LogP contribution in [0.1, 0.15) is 18.5 Å². The van der Waals surface area contributed by atoms with Crippen LogP contribution in [0.3, 0.4) is 0 Å². The van der Waals surface area contributed by atoms with Gasteiger partial charge in [0.15, 0.2) is 5.92 Å². The molecule has 36 heavy (non-hydrogen) atoms. The largest absolute Gasteiger partial charge is 0.497 e. The molecule has 1 N–H and O–H groups in total. The van der Waals surface area contributed by atoms with Crippen LogP contribution < -0.4 is 24.4 Å². The molecule has 2 aliphatic rings. The molecule has 2 aromatic rings. The number of methoxy groups -OCH3 is 3. The van der Waals surface area contributed by atoms with Gasteiger partial charge in [-0.15, -0.1) is 0 Å². The number of ether oxygens (including phenoxy) is 4. The van der Waals surface area contributed by atoms with Crippen molar-refractivity contribution in [2.45, 2.75) is 13.0 Å². The van der Waals surface area contributed by atoms with Crippen molar-refractivity contribution in [3.63, 3.8) is 0 Å². The Morgan fingerprint density at radius 1 is 0.944 bits per heavy atom. The van der Waals surface area contributed by atoms with Crippen molar-refractivity contribution < 1.29 is 28.5 Å². The Hall–Kier alpha value is -3.95. The third-order valence-electron chi connectivity index (χ3n) is 6.41. The summed E-state index contributed by atoms with van der Waals surface area (Å²) in [6.45, 7) is 4.68. The van der Waals surface area contributed by atoms with E-state index in [2.05, 4.69) is 10.2 Å². The van der Waals surface area contributed by atoms with Crippen LogP contribution in [-0.2, 0) is 14.3 Å². The highest BCUT2D eigenvalue weighted by atomic mass is 16.5. The lowest BCUT2D eigenvalue weighted by Crippen LogP contribution is -2.57. The zero-order valence-corrected chi connectivity index (χ0v) is 21.0. The highest BCUT2D eigenvalue weighted by Gasteiger charge is 2.43. The summed E-state index contributed by atoms with van der Waals surface area (Å²) in [4.78, 5) is 35.2. The second-order valence-corrected chi connectivity index (χ2v) is 8.40. The van der Waals surface area contributed by atoms with Gasteiger partial charge in [0.2, 0.25) is 11.9 Å². The van der Waals surface area contributed by atoms with Gasteiger partial charge in [0.25, 0.3) is 0 Å². The van der Waals surface area contributed by atoms with E-state index >= 15 is 0 Å². The third kappa shape index (κ3) is 5.17. The molecular weight excluding hydrogens is 464 g/mol. The first-order valence-electron chi connectivity index (χ1n) is 11.9. The number of carbonyl (C=O) groups excluding carboxylic acids is 2. The van der Waals surface area contributed by atoms with Crippen LogP contribution in [0.2, 0.25) is 0 Å². The maximum absolute atomic E-state index is 13.2. The van der Waals surface area contributed by atoms with Crippen molar-refractivity contribution in [1.29, 1.82) is 0 Å². The highest BCUT2D eigenvalue weighted by Crippen LogP contribution is 2.38. The van der Waals surface area contributed by atoms with E-state index in [4.69, 9.17) is 23.9 Å². The SMILES string of the molecule is CCOC(=O)[C@H]1C(=O)NC(N2CCN(c3ccc(OC)cc3)CC2)=N[C@@H]1c1ccc(OC)cc1OC. The molecule has 1 saturated heterocycles. The number of esters is 1. The van der Waals surface area contributed by atoms with E-state index in [1.54, 1.807) is 39.3 Å². The minimum absolute atomic E-state index is 0.166. The molecule has 1 amide bonds. The molecular formula is C26H32N4O6. The Morgan fingerprint density at radius 2 is 1.58 bits per heavy atom. The van der Waals surface area contributed by atoms with Crippen molar-refractivity contribution in [3.05, 3.63) is 48.0 Å². The number of aliphatic imine (C=N–C) groups is 1. The average molecular weight is 497 g/mol. The van der Waals surface area contributed by atoms with Crippen LogP contribution in [-0.4, -0.2) is 76.9 Å². The number of nitrogens with one attached hydrogen (secondary N) is 1. The number of amides is 1. The van der Waals surface area contributed by atoms with Crippen LogP contribution in [0.4, 0.5) is 5.69 Å². The first-order chi connectivity index (χ1) is 17.5. The molecule has 10 nitrogen and oxygen atoms in total. The summed E-state index contributed by atoms with van der Waals surface area (Å²) in [7, 11) is 4.74. The van der Waals surface area contributed by atoms with E-state index in [-0.39, 0.29) is 6.61 Å². The van der Waals surface area contributed by atoms with Crippen molar-refractivity contribution >= 4 is 23.5 Å². The smallest absolute Gasteiger partial charge is 0.321 e. The predicted octanol–water partition coefficient (Wildman–Crippen LogP) is 2.24. The van der Waals surface area contributed by atoms with E-state index in [0.717, 1.165) is 24.5 Å². The van der Waals surface area contributed by atoms with Gasteiger partial charge in [0.05, 0.1) is 27.9 Å². The number of carbonyl (C=O) groups is 2. The first-order valence-corrected chi connectivity index (χ1v) is 11.9. The van der Waals surface area contributed by atoms with Crippen molar-refractivity contribution in [1.82, 2.24) is 10.2 Å². The lowest BCUT2D eigenvalue weighted by atomic mass is 9.90. The average Bonchev–Trinajstić information content (AvgIpc) is 2.92. The molecule has 0 aliphatic carbocycles. The van der Waals surface area contributed by atoms with Gasteiger partial charge in [0, 0.05) is 43.5 Å². The van der Waals surface area contributed by atoms with Crippen LogP contribution >= 0.6 is 0 Å². The quantitative estimate of drug-likeness (QED) is 0.460. The zero-order valence-electron chi connectivity index (χ0n) is 21.0. The summed E-state index contributed by atoms with van der Waals surface area (Å²) in [5.41, 5.74) is 1.72. The molecule has 2 aromatic carbocycles. The highest BCUT2D eigenvalue weighted by molar-refractivity contribution is 6.08. The summed E-state index contributed by atoms with van der Waals surface area (Å²) < 4.78 is 21.3. The van der Waals surface area contributed by atoms with Gasteiger partial charge in [-0.3, -0.25) is 14.9 Å². The Balaban J connectivity index is 1.59. The molecule has 0 saturated carbocycles. The fourth-order valence-electron chi connectivity index (χ4n) is 4.48. The van der Waals surface area contributed by atoms with Crippen molar-refractivity contribution in [2.24, 2.45) is 10.9 Å². The van der Waals surface area contributed by atoms with E-state index in [0.29, 0.717) is 36.1 Å². The number of guanidine groups is 1. The van der Waals surface area contributed by atoms with Crippen LogP contribution in [0.25, 0.3) is 0 Å². The van der Waals surface area contributed by atoms with Crippen LogP contribution in [0.5, 0.6) is 17.2 Å². The van der Waals surface area contributed by atoms with Gasteiger partial charge in [-0.25, -0.2) is 4.99 Å². The monoisotopic (exact) mass is 496 g/mol. The second kappa shape index (κ2) is 11.2. The number of anilines is 1. The molecule has 2 aliphatic heterocycles. The third-order valence-corrected chi connectivity index (χ3v) is 6.41. The summed E-state index contributed by atoms with van der Waals surface area (Å²) in [6, 6.07) is 12.4. The van der Waals surface area contributed by atoms with Gasteiger partial charge in [-0.2, -0.15) is 0 Å². The zero-order chi connectivity index (χ0) is 25.7. The predicted molar refractivity (Wildman–Crippen MR) is 135 cm³/mol. The summed E-state index contributed by atoms with van der Waals surface area (Å²) in [5, 5.41) is 2.84. The minimum Gasteiger partial charge on any atom is -0.497 e. The molecule has 1 fully saturated rings. The molecule has 2 atom stereocenters. The Morgan fingerprint density at radius 3 is 2.19 bits per heavy atom. The molecule has 0 spiro atoms. The molecule has 0 radical (unpaired) electrons. The maximum atomic E-state index is 13.2. The van der Waals surface area contributed by atoms with Gasteiger partial charge in [-0.1, -0.05) is 0 Å². The molecule has 2 heterocycles. The Bertz CT molecular complexity index is 1110. The van der Waals surface area contributed by atoms with Gasteiger partial charge >= 0.3 is 5.97 Å². The van der Waals surface area contributed by atoms with Gasteiger partial charge in [-0.05, 0) is 43.3 Å². The maximum Gasteiger partial charge on any atom is 0.321 e. The number of hydrogen-bond acceptors (Lipinski definition) is 9. The molecule has 0 bridgehead atoms. The summed E-state index contributed by atoms with van der Waals surface area (Å²) in [5.74, 6) is 0.143. The fraction of sp³-hybridized carbons (Fsp3) is 0.423. The normalized spacial score (nSPS) is 19.8. The van der Waals surface area contributed by atoms with Crippen LogP contribution in [0.15, 0.2) is 47.5 Å². The summed E-state index contributed by atoms with van der Waals surface area (Å²) in [6.07, 6.45) is 0. The number of nitrogens with zero attached hydrogens (tertiary/aromatic N) is 3. The molecule has 192 valence electrons. The van der Waals surface area contributed by atoms with E-state index < -0.39 is 23.8 Å². The molecule has 0 unspecified atom stereocenters.